The lowest BCUT2D eigenvalue weighted by Crippen LogP contribution is -2.16. The van der Waals surface area contributed by atoms with Gasteiger partial charge in [-0.3, -0.25) is 0 Å². The first kappa shape index (κ1) is 13.8. The molecular formula is C14H22O3. The van der Waals surface area contributed by atoms with E-state index in [2.05, 4.69) is 13.8 Å². The quantitative estimate of drug-likeness (QED) is 0.827. The van der Waals surface area contributed by atoms with Gasteiger partial charge in [-0.25, -0.2) is 0 Å². The number of hydrogen-bond donors (Lipinski definition) is 1. The molecule has 3 heteroatoms. The van der Waals surface area contributed by atoms with E-state index >= 15 is 0 Å². The van der Waals surface area contributed by atoms with E-state index in [0.717, 1.165) is 23.5 Å². The van der Waals surface area contributed by atoms with Gasteiger partial charge in [0.1, 0.15) is 11.5 Å². The number of rotatable bonds is 6. The summed E-state index contributed by atoms with van der Waals surface area (Å²) in [5.74, 6) is 2.36. The molecule has 0 aliphatic rings. The van der Waals surface area contributed by atoms with E-state index < -0.39 is 0 Å². The SMILES string of the molecule is COc1ccc(OC)c(CC(CO)C(C)C)c1. The number of aliphatic hydroxyl groups is 1. The second-order valence-electron chi connectivity index (χ2n) is 4.57. The molecule has 1 aromatic carbocycles. The third-order valence-corrected chi connectivity index (χ3v) is 3.15. The van der Waals surface area contributed by atoms with Crippen molar-refractivity contribution in [2.75, 3.05) is 20.8 Å². The predicted octanol–water partition coefficient (Wildman–Crippen LogP) is 2.51. The Kier molecular flexibility index (Phi) is 5.29. The van der Waals surface area contributed by atoms with Crippen molar-refractivity contribution in [1.29, 1.82) is 0 Å². The Morgan fingerprint density at radius 3 is 2.35 bits per heavy atom. The Bertz CT molecular complexity index is 347. The lowest BCUT2D eigenvalue weighted by atomic mass is 9.89. The lowest BCUT2D eigenvalue weighted by Gasteiger charge is -2.20. The third-order valence-electron chi connectivity index (χ3n) is 3.15. The number of aliphatic hydroxyl groups excluding tert-OH is 1. The van der Waals surface area contributed by atoms with E-state index in [9.17, 15) is 5.11 Å². The highest BCUT2D eigenvalue weighted by Gasteiger charge is 2.16. The highest BCUT2D eigenvalue weighted by Crippen LogP contribution is 2.28. The van der Waals surface area contributed by atoms with Crippen LogP contribution in [0.15, 0.2) is 18.2 Å². The first-order valence-electron chi connectivity index (χ1n) is 5.94. The Hall–Kier alpha value is -1.22. The predicted molar refractivity (Wildman–Crippen MR) is 68.7 cm³/mol. The zero-order chi connectivity index (χ0) is 12.8. The van der Waals surface area contributed by atoms with Crippen molar-refractivity contribution in [3.63, 3.8) is 0 Å². The van der Waals surface area contributed by atoms with Crippen LogP contribution in [0.1, 0.15) is 19.4 Å². The molecule has 1 atom stereocenters. The van der Waals surface area contributed by atoms with Crippen molar-refractivity contribution in [2.45, 2.75) is 20.3 Å². The zero-order valence-corrected chi connectivity index (χ0v) is 11.1. The second-order valence-corrected chi connectivity index (χ2v) is 4.57. The van der Waals surface area contributed by atoms with Gasteiger partial charge in [0.25, 0.3) is 0 Å². The molecular weight excluding hydrogens is 216 g/mol. The van der Waals surface area contributed by atoms with Gasteiger partial charge in [-0.1, -0.05) is 13.8 Å². The first-order chi connectivity index (χ1) is 8.12. The molecule has 1 N–H and O–H groups in total. The maximum atomic E-state index is 9.38. The molecule has 96 valence electrons. The van der Waals surface area contributed by atoms with Gasteiger partial charge in [0, 0.05) is 6.61 Å². The Morgan fingerprint density at radius 1 is 1.18 bits per heavy atom. The van der Waals surface area contributed by atoms with Gasteiger partial charge in [-0.05, 0) is 42.0 Å². The van der Waals surface area contributed by atoms with E-state index in [-0.39, 0.29) is 12.5 Å². The molecule has 1 unspecified atom stereocenters. The average molecular weight is 238 g/mol. The smallest absolute Gasteiger partial charge is 0.122 e. The molecule has 3 nitrogen and oxygen atoms in total. The van der Waals surface area contributed by atoms with E-state index in [1.807, 2.05) is 18.2 Å². The van der Waals surface area contributed by atoms with Crippen LogP contribution in [0.5, 0.6) is 11.5 Å². The van der Waals surface area contributed by atoms with E-state index in [4.69, 9.17) is 9.47 Å². The fourth-order valence-corrected chi connectivity index (χ4v) is 1.83. The summed E-state index contributed by atoms with van der Waals surface area (Å²) < 4.78 is 10.5. The molecule has 0 amide bonds. The lowest BCUT2D eigenvalue weighted by molar-refractivity contribution is 0.188. The minimum atomic E-state index is 0.192. The van der Waals surface area contributed by atoms with Crippen LogP contribution in [0.4, 0.5) is 0 Å². The van der Waals surface area contributed by atoms with Gasteiger partial charge in [-0.2, -0.15) is 0 Å². The van der Waals surface area contributed by atoms with Crippen LogP contribution >= 0.6 is 0 Å². The molecule has 0 fully saturated rings. The topological polar surface area (TPSA) is 38.7 Å². The summed E-state index contributed by atoms with van der Waals surface area (Å²) in [7, 11) is 3.31. The van der Waals surface area contributed by atoms with Crippen LogP contribution in [0, 0.1) is 11.8 Å². The molecule has 0 aliphatic carbocycles. The summed E-state index contributed by atoms with van der Waals surface area (Å²) in [6, 6.07) is 5.76. The normalized spacial score (nSPS) is 12.6. The van der Waals surface area contributed by atoms with E-state index in [1.54, 1.807) is 14.2 Å². The van der Waals surface area contributed by atoms with Gasteiger partial charge in [0.15, 0.2) is 0 Å². The van der Waals surface area contributed by atoms with Crippen LogP contribution in [-0.4, -0.2) is 25.9 Å². The minimum Gasteiger partial charge on any atom is -0.497 e. The average Bonchev–Trinajstić information content (AvgIpc) is 2.35. The van der Waals surface area contributed by atoms with Crippen molar-refractivity contribution in [3.8, 4) is 11.5 Å². The van der Waals surface area contributed by atoms with E-state index in [1.165, 1.54) is 0 Å². The molecule has 0 heterocycles. The maximum Gasteiger partial charge on any atom is 0.122 e. The molecule has 17 heavy (non-hydrogen) atoms. The first-order valence-corrected chi connectivity index (χ1v) is 5.94. The Morgan fingerprint density at radius 2 is 1.88 bits per heavy atom. The van der Waals surface area contributed by atoms with Crippen molar-refractivity contribution < 1.29 is 14.6 Å². The van der Waals surface area contributed by atoms with Crippen LogP contribution in [-0.2, 0) is 6.42 Å². The third kappa shape index (κ3) is 3.63. The van der Waals surface area contributed by atoms with E-state index in [0.29, 0.717) is 5.92 Å². The fraction of sp³-hybridized carbons (Fsp3) is 0.571. The molecule has 0 spiro atoms. The zero-order valence-electron chi connectivity index (χ0n) is 11.1. The van der Waals surface area contributed by atoms with Crippen LogP contribution < -0.4 is 9.47 Å². The molecule has 0 radical (unpaired) electrons. The number of ether oxygens (including phenoxy) is 2. The maximum absolute atomic E-state index is 9.38. The van der Waals surface area contributed by atoms with Crippen LogP contribution in [0.3, 0.4) is 0 Å². The summed E-state index contributed by atoms with van der Waals surface area (Å²) in [5.41, 5.74) is 1.08. The molecule has 0 aromatic heterocycles. The molecule has 1 rings (SSSR count). The molecule has 1 aromatic rings. The molecule has 0 saturated heterocycles. The highest BCUT2D eigenvalue weighted by molar-refractivity contribution is 5.40. The summed E-state index contributed by atoms with van der Waals surface area (Å²) in [6.45, 7) is 4.43. The standard InChI is InChI=1S/C14H22O3/c1-10(2)12(9-15)7-11-8-13(16-3)5-6-14(11)17-4/h5-6,8,10,12,15H,7,9H2,1-4H3. The van der Waals surface area contributed by atoms with Crippen molar-refractivity contribution in [3.05, 3.63) is 23.8 Å². The number of methoxy groups -OCH3 is 2. The van der Waals surface area contributed by atoms with Crippen molar-refractivity contribution in [1.82, 2.24) is 0 Å². The molecule has 0 saturated carbocycles. The van der Waals surface area contributed by atoms with Gasteiger partial charge in [0.05, 0.1) is 14.2 Å². The Labute approximate surface area is 103 Å². The van der Waals surface area contributed by atoms with Gasteiger partial charge < -0.3 is 14.6 Å². The minimum absolute atomic E-state index is 0.192. The molecule has 0 aliphatic heterocycles. The summed E-state index contributed by atoms with van der Waals surface area (Å²) in [4.78, 5) is 0. The second kappa shape index (κ2) is 6.50. The fourth-order valence-electron chi connectivity index (χ4n) is 1.83. The summed E-state index contributed by atoms with van der Waals surface area (Å²) in [5, 5.41) is 9.38. The van der Waals surface area contributed by atoms with Crippen molar-refractivity contribution >= 4 is 0 Å². The monoisotopic (exact) mass is 238 g/mol. The largest absolute Gasteiger partial charge is 0.497 e. The van der Waals surface area contributed by atoms with Crippen molar-refractivity contribution in [2.24, 2.45) is 11.8 Å². The van der Waals surface area contributed by atoms with Gasteiger partial charge in [-0.15, -0.1) is 0 Å². The number of benzene rings is 1. The van der Waals surface area contributed by atoms with Gasteiger partial charge >= 0.3 is 0 Å². The highest BCUT2D eigenvalue weighted by atomic mass is 16.5. The summed E-state index contributed by atoms with van der Waals surface area (Å²) in [6.07, 6.45) is 0.800. The number of hydrogen-bond acceptors (Lipinski definition) is 3. The summed E-state index contributed by atoms with van der Waals surface area (Å²) >= 11 is 0. The van der Waals surface area contributed by atoms with Gasteiger partial charge in [0.2, 0.25) is 0 Å². The Balaban J connectivity index is 2.93. The molecule has 0 bridgehead atoms. The van der Waals surface area contributed by atoms with Crippen LogP contribution in [0.2, 0.25) is 0 Å². The van der Waals surface area contributed by atoms with Crippen LogP contribution in [0.25, 0.3) is 0 Å².